The zero-order valence-electron chi connectivity index (χ0n) is 23.5. The summed E-state index contributed by atoms with van der Waals surface area (Å²) in [5, 5.41) is 6.84. The van der Waals surface area contributed by atoms with E-state index in [1.807, 2.05) is 74.5 Å². The highest BCUT2D eigenvalue weighted by molar-refractivity contribution is 6.29. The van der Waals surface area contributed by atoms with Crippen molar-refractivity contribution in [2.24, 2.45) is 0 Å². The number of hydrogen-bond acceptors (Lipinski definition) is 9. The Hall–Kier alpha value is -4.89. The van der Waals surface area contributed by atoms with Crippen LogP contribution < -0.4 is 24.8 Å². The van der Waals surface area contributed by atoms with E-state index in [9.17, 15) is 0 Å². The van der Waals surface area contributed by atoms with E-state index in [1.165, 1.54) is 6.20 Å². The molecule has 0 saturated carbocycles. The highest BCUT2D eigenvalue weighted by Crippen LogP contribution is 2.40. The minimum absolute atomic E-state index is 0.383. The molecule has 2 aromatic heterocycles. The van der Waals surface area contributed by atoms with Crippen molar-refractivity contribution in [3.63, 3.8) is 0 Å². The topological polar surface area (TPSA) is 103 Å². The summed E-state index contributed by atoms with van der Waals surface area (Å²) in [4.78, 5) is 17.0. The van der Waals surface area contributed by atoms with Crippen LogP contribution in [0.25, 0.3) is 11.3 Å². The van der Waals surface area contributed by atoms with Crippen molar-refractivity contribution >= 4 is 34.6 Å². The standard InChI is InChI=1S/C20H21N3O3.C11H10ClN3/c1-13-7-5-6-8-15(13)22-19-12-21-11-16(23-19)14-9-17(24-2)20(26-4)18(10-14)25-3;1-8-4-2-3-5-9(8)14-11-7-13-6-10(12)15-11/h5-12H,1-4H3,(H,22,23);2-7H,1H3,(H,14,15). The maximum Gasteiger partial charge on any atom is 0.203 e. The first kappa shape index (κ1) is 29.1. The number of ether oxygens (including phenoxy) is 3. The number of methoxy groups -OCH3 is 3. The second-order valence-electron chi connectivity index (χ2n) is 8.81. The molecule has 0 amide bonds. The Morgan fingerprint density at radius 1 is 0.634 bits per heavy atom. The molecule has 0 unspecified atom stereocenters. The molecule has 0 spiro atoms. The third-order valence-corrected chi connectivity index (χ3v) is 6.20. The van der Waals surface area contributed by atoms with Gasteiger partial charge < -0.3 is 24.8 Å². The summed E-state index contributed by atoms with van der Waals surface area (Å²) in [6.45, 7) is 4.07. The second-order valence-corrected chi connectivity index (χ2v) is 9.20. The van der Waals surface area contributed by atoms with E-state index in [4.69, 9.17) is 25.8 Å². The molecule has 2 N–H and O–H groups in total. The van der Waals surface area contributed by atoms with Crippen LogP contribution in [0.4, 0.5) is 23.0 Å². The molecule has 0 saturated heterocycles. The van der Waals surface area contributed by atoms with E-state index in [2.05, 4.69) is 30.6 Å². The SMILES string of the molecule is COc1cc(-c2cncc(Nc3ccccc3C)n2)cc(OC)c1OC.Cc1ccccc1Nc1cncc(Cl)n1. The number of benzene rings is 3. The van der Waals surface area contributed by atoms with Gasteiger partial charge in [-0.05, 0) is 49.2 Å². The molecule has 0 aliphatic heterocycles. The normalized spacial score (nSPS) is 10.2. The van der Waals surface area contributed by atoms with Crippen LogP contribution in [-0.2, 0) is 0 Å². The Kier molecular flexibility index (Phi) is 9.90. The van der Waals surface area contributed by atoms with Gasteiger partial charge >= 0.3 is 0 Å². The zero-order valence-corrected chi connectivity index (χ0v) is 24.2. The molecule has 0 radical (unpaired) electrons. The van der Waals surface area contributed by atoms with Gasteiger partial charge in [-0.15, -0.1) is 0 Å². The second kappa shape index (κ2) is 14.0. The summed E-state index contributed by atoms with van der Waals surface area (Å²) < 4.78 is 16.2. The number of nitrogens with one attached hydrogen (secondary N) is 2. The van der Waals surface area contributed by atoms with Crippen LogP contribution in [0.3, 0.4) is 0 Å². The van der Waals surface area contributed by atoms with Gasteiger partial charge in [0.05, 0.1) is 51.8 Å². The van der Waals surface area contributed by atoms with Gasteiger partial charge in [-0.1, -0.05) is 48.0 Å². The molecule has 210 valence electrons. The molecule has 2 heterocycles. The number of nitrogens with zero attached hydrogens (tertiary/aromatic N) is 4. The molecular formula is C31H31ClN6O3. The first-order chi connectivity index (χ1) is 19.9. The van der Waals surface area contributed by atoms with Crippen molar-refractivity contribution in [2.45, 2.75) is 13.8 Å². The average Bonchev–Trinajstić information content (AvgIpc) is 2.99. The fourth-order valence-electron chi connectivity index (χ4n) is 3.90. The number of rotatable bonds is 8. The smallest absolute Gasteiger partial charge is 0.203 e. The number of aromatic nitrogens is 4. The lowest BCUT2D eigenvalue weighted by Crippen LogP contribution is -1.99. The van der Waals surface area contributed by atoms with Crippen molar-refractivity contribution in [3.05, 3.63) is 102 Å². The van der Waals surface area contributed by atoms with Crippen LogP contribution >= 0.6 is 11.6 Å². The summed E-state index contributed by atoms with van der Waals surface area (Å²) in [7, 11) is 4.75. The Labute approximate surface area is 244 Å². The van der Waals surface area contributed by atoms with Crippen LogP contribution in [0.5, 0.6) is 17.2 Å². The Morgan fingerprint density at radius 3 is 1.63 bits per heavy atom. The first-order valence-electron chi connectivity index (χ1n) is 12.7. The summed E-state index contributed by atoms with van der Waals surface area (Å²) >= 11 is 5.74. The highest BCUT2D eigenvalue weighted by Gasteiger charge is 2.15. The third-order valence-electron chi connectivity index (χ3n) is 6.02. The van der Waals surface area contributed by atoms with E-state index in [0.29, 0.717) is 39.7 Å². The molecule has 0 fully saturated rings. The lowest BCUT2D eigenvalue weighted by Gasteiger charge is -2.14. The number of hydrogen-bond donors (Lipinski definition) is 2. The van der Waals surface area contributed by atoms with Crippen molar-refractivity contribution in [3.8, 4) is 28.5 Å². The Morgan fingerprint density at radius 2 is 1.15 bits per heavy atom. The van der Waals surface area contributed by atoms with Gasteiger partial charge in [-0.25, -0.2) is 9.97 Å². The Bertz CT molecular complexity index is 1590. The quantitative estimate of drug-likeness (QED) is 0.197. The van der Waals surface area contributed by atoms with E-state index in [0.717, 1.165) is 28.1 Å². The third kappa shape index (κ3) is 7.61. The molecule has 9 nitrogen and oxygen atoms in total. The summed E-state index contributed by atoms with van der Waals surface area (Å²) in [6, 6.07) is 19.7. The van der Waals surface area contributed by atoms with E-state index in [-0.39, 0.29) is 0 Å². The van der Waals surface area contributed by atoms with Gasteiger partial charge in [-0.3, -0.25) is 9.97 Å². The van der Waals surface area contributed by atoms with Crippen LogP contribution in [0.2, 0.25) is 5.15 Å². The highest BCUT2D eigenvalue weighted by atomic mass is 35.5. The van der Waals surface area contributed by atoms with Gasteiger partial charge in [0, 0.05) is 16.9 Å². The number of para-hydroxylation sites is 2. The molecule has 3 aromatic carbocycles. The predicted molar refractivity (Wildman–Crippen MR) is 163 cm³/mol. The molecule has 5 aromatic rings. The molecule has 0 atom stereocenters. The average molecular weight is 571 g/mol. The van der Waals surface area contributed by atoms with Gasteiger partial charge in [-0.2, -0.15) is 0 Å². The van der Waals surface area contributed by atoms with Gasteiger partial charge in [0.15, 0.2) is 17.3 Å². The molecule has 5 rings (SSSR count). The van der Waals surface area contributed by atoms with Gasteiger partial charge in [0.25, 0.3) is 0 Å². The summed E-state index contributed by atoms with van der Waals surface area (Å²) in [5.74, 6) is 2.99. The molecule has 10 heteroatoms. The maximum absolute atomic E-state index is 5.74. The van der Waals surface area contributed by atoms with Crippen molar-refractivity contribution in [1.82, 2.24) is 19.9 Å². The minimum Gasteiger partial charge on any atom is -0.493 e. The van der Waals surface area contributed by atoms with Crippen LogP contribution in [-0.4, -0.2) is 41.3 Å². The fourth-order valence-corrected chi connectivity index (χ4v) is 4.05. The van der Waals surface area contributed by atoms with E-state index >= 15 is 0 Å². The lowest BCUT2D eigenvalue weighted by atomic mass is 10.1. The predicted octanol–water partition coefficient (Wildman–Crippen LogP) is 7.40. The molecular weight excluding hydrogens is 540 g/mol. The van der Waals surface area contributed by atoms with Gasteiger partial charge in [0.2, 0.25) is 5.75 Å². The van der Waals surface area contributed by atoms with Crippen LogP contribution in [0, 0.1) is 13.8 Å². The lowest BCUT2D eigenvalue weighted by molar-refractivity contribution is 0.324. The largest absolute Gasteiger partial charge is 0.493 e. The molecule has 0 aliphatic rings. The summed E-state index contributed by atoms with van der Waals surface area (Å²) in [5.41, 5.74) is 5.80. The van der Waals surface area contributed by atoms with E-state index < -0.39 is 0 Å². The number of anilines is 4. The number of aryl methyl sites for hydroxylation is 2. The van der Waals surface area contributed by atoms with Crippen molar-refractivity contribution in [2.75, 3.05) is 32.0 Å². The van der Waals surface area contributed by atoms with Crippen LogP contribution in [0.1, 0.15) is 11.1 Å². The van der Waals surface area contributed by atoms with Crippen molar-refractivity contribution < 1.29 is 14.2 Å². The summed E-state index contributed by atoms with van der Waals surface area (Å²) in [6.07, 6.45) is 6.53. The molecule has 0 bridgehead atoms. The Balaban J connectivity index is 0.000000218. The number of halogens is 1. The van der Waals surface area contributed by atoms with E-state index in [1.54, 1.807) is 39.9 Å². The van der Waals surface area contributed by atoms with Crippen LogP contribution in [0.15, 0.2) is 85.5 Å². The fraction of sp³-hybridized carbons (Fsp3) is 0.161. The van der Waals surface area contributed by atoms with Crippen molar-refractivity contribution in [1.29, 1.82) is 0 Å². The minimum atomic E-state index is 0.383. The van der Waals surface area contributed by atoms with Gasteiger partial charge in [0.1, 0.15) is 11.0 Å². The monoisotopic (exact) mass is 570 g/mol. The molecule has 41 heavy (non-hydrogen) atoms. The maximum atomic E-state index is 5.74. The first-order valence-corrected chi connectivity index (χ1v) is 13.0. The zero-order chi connectivity index (χ0) is 29.2. The molecule has 0 aliphatic carbocycles.